The molecule has 1 fully saturated rings. The zero-order chi connectivity index (χ0) is 15.0. The third-order valence-corrected chi connectivity index (χ3v) is 5.64. The van der Waals surface area contributed by atoms with Crippen LogP contribution in [0.15, 0.2) is 22.7 Å². The Bertz CT molecular complexity index is 677. The highest BCUT2D eigenvalue weighted by molar-refractivity contribution is 9.10. The zero-order valence-electron chi connectivity index (χ0n) is 11.9. The maximum atomic E-state index is 12.7. The summed E-state index contributed by atoms with van der Waals surface area (Å²) in [6.07, 6.45) is 0. The maximum absolute atomic E-state index is 12.7. The molecule has 3 rings (SSSR count). The molecule has 0 unspecified atom stereocenters. The SMILES string of the molecule is CCN1CCN(C(=O)c2sc3cc(Br)ccc3c2N)CC1. The Morgan fingerprint density at radius 2 is 2.05 bits per heavy atom. The summed E-state index contributed by atoms with van der Waals surface area (Å²) in [5.74, 6) is 0.0700. The molecule has 0 spiro atoms. The number of amides is 1. The Labute approximate surface area is 136 Å². The van der Waals surface area contributed by atoms with E-state index in [0.717, 1.165) is 47.3 Å². The third-order valence-electron chi connectivity index (χ3n) is 3.99. The fourth-order valence-electron chi connectivity index (χ4n) is 2.66. The standard InChI is InChI=1S/C15H18BrN3OS/c1-2-18-5-7-19(8-6-18)15(20)14-13(17)11-4-3-10(16)9-12(11)21-14/h3-4,9H,2,5-8,17H2,1H3. The lowest BCUT2D eigenvalue weighted by molar-refractivity contribution is 0.0649. The van der Waals surface area contributed by atoms with Crippen LogP contribution in [0.5, 0.6) is 0 Å². The van der Waals surface area contributed by atoms with Crippen LogP contribution in [0.2, 0.25) is 0 Å². The minimum atomic E-state index is 0.0700. The molecular formula is C15H18BrN3OS. The lowest BCUT2D eigenvalue weighted by atomic mass is 10.2. The number of carbonyl (C=O) groups excluding carboxylic acids is 1. The van der Waals surface area contributed by atoms with Crippen molar-refractivity contribution in [2.45, 2.75) is 6.92 Å². The maximum Gasteiger partial charge on any atom is 0.266 e. The molecule has 21 heavy (non-hydrogen) atoms. The minimum Gasteiger partial charge on any atom is -0.397 e. The Morgan fingerprint density at radius 1 is 1.33 bits per heavy atom. The lowest BCUT2D eigenvalue weighted by Gasteiger charge is -2.33. The molecule has 0 saturated carbocycles. The van der Waals surface area contributed by atoms with Crippen LogP contribution in [-0.2, 0) is 0 Å². The average molecular weight is 368 g/mol. The summed E-state index contributed by atoms with van der Waals surface area (Å²) in [7, 11) is 0. The minimum absolute atomic E-state index is 0.0700. The Hall–Kier alpha value is -1.11. The number of hydrogen-bond acceptors (Lipinski definition) is 4. The number of nitrogen functional groups attached to an aromatic ring is 1. The van der Waals surface area contributed by atoms with E-state index in [9.17, 15) is 4.79 Å². The molecule has 2 aromatic rings. The first-order chi connectivity index (χ1) is 10.1. The van der Waals surface area contributed by atoms with E-state index in [1.165, 1.54) is 11.3 Å². The molecular weight excluding hydrogens is 350 g/mol. The number of thiophene rings is 1. The molecule has 0 atom stereocenters. The largest absolute Gasteiger partial charge is 0.397 e. The van der Waals surface area contributed by atoms with Crippen molar-refractivity contribution in [3.63, 3.8) is 0 Å². The number of likely N-dealkylation sites (N-methyl/N-ethyl adjacent to an activating group) is 1. The van der Waals surface area contributed by atoms with Crippen LogP contribution >= 0.6 is 27.3 Å². The Morgan fingerprint density at radius 3 is 2.71 bits per heavy atom. The second-order valence-electron chi connectivity index (χ2n) is 5.21. The molecule has 2 N–H and O–H groups in total. The molecule has 1 aromatic carbocycles. The second-order valence-corrected chi connectivity index (χ2v) is 7.18. The predicted octanol–water partition coefficient (Wildman–Crippen LogP) is 3.02. The molecule has 1 amide bonds. The van der Waals surface area contributed by atoms with Gasteiger partial charge in [0, 0.05) is 40.7 Å². The number of fused-ring (bicyclic) bond motifs is 1. The summed E-state index contributed by atoms with van der Waals surface area (Å²) in [6, 6.07) is 5.94. The van der Waals surface area contributed by atoms with Crippen LogP contribution in [-0.4, -0.2) is 48.4 Å². The highest BCUT2D eigenvalue weighted by Gasteiger charge is 2.25. The Kier molecular flexibility index (Phi) is 4.19. The number of nitrogens with zero attached hydrogens (tertiary/aromatic N) is 2. The zero-order valence-corrected chi connectivity index (χ0v) is 14.3. The van der Waals surface area contributed by atoms with Gasteiger partial charge in [-0.1, -0.05) is 28.9 Å². The van der Waals surface area contributed by atoms with Crippen LogP contribution in [0.4, 0.5) is 5.69 Å². The van der Waals surface area contributed by atoms with E-state index in [2.05, 4.69) is 27.8 Å². The molecule has 0 bridgehead atoms. The van der Waals surface area contributed by atoms with Crippen LogP contribution < -0.4 is 5.73 Å². The van der Waals surface area contributed by atoms with Gasteiger partial charge in [-0.2, -0.15) is 0 Å². The molecule has 4 nitrogen and oxygen atoms in total. The van der Waals surface area contributed by atoms with Gasteiger partial charge in [0.25, 0.3) is 5.91 Å². The number of anilines is 1. The van der Waals surface area contributed by atoms with Crippen molar-refractivity contribution in [3.05, 3.63) is 27.5 Å². The third kappa shape index (κ3) is 2.80. The molecule has 112 valence electrons. The van der Waals surface area contributed by atoms with Gasteiger partial charge in [0.2, 0.25) is 0 Å². The van der Waals surface area contributed by atoms with Crippen molar-refractivity contribution in [1.82, 2.24) is 9.80 Å². The van der Waals surface area contributed by atoms with Crippen molar-refractivity contribution in [1.29, 1.82) is 0 Å². The van der Waals surface area contributed by atoms with E-state index >= 15 is 0 Å². The summed E-state index contributed by atoms with van der Waals surface area (Å²) in [4.78, 5) is 17.6. The molecule has 1 aromatic heterocycles. The Balaban J connectivity index is 1.86. The van der Waals surface area contributed by atoms with E-state index in [0.29, 0.717) is 10.6 Å². The summed E-state index contributed by atoms with van der Waals surface area (Å²) < 4.78 is 2.06. The topological polar surface area (TPSA) is 49.6 Å². The van der Waals surface area contributed by atoms with Gasteiger partial charge in [0.1, 0.15) is 4.88 Å². The van der Waals surface area contributed by atoms with Gasteiger partial charge in [-0.05, 0) is 18.7 Å². The number of benzene rings is 1. The van der Waals surface area contributed by atoms with Crippen molar-refractivity contribution < 1.29 is 4.79 Å². The van der Waals surface area contributed by atoms with Crippen LogP contribution in [0.1, 0.15) is 16.6 Å². The second kappa shape index (κ2) is 5.94. The van der Waals surface area contributed by atoms with Gasteiger partial charge in [-0.3, -0.25) is 4.79 Å². The normalized spacial score (nSPS) is 16.6. The van der Waals surface area contributed by atoms with E-state index in [4.69, 9.17) is 5.73 Å². The van der Waals surface area contributed by atoms with Gasteiger partial charge >= 0.3 is 0 Å². The summed E-state index contributed by atoms with van der Waals surface area (Å²) in [5.41, 5.74) is 6.80. The fraction of sp³-hybridized carbons (Fsp3) is 0.400. The fourth-order valence-corrected chi connectivity index (χ4v) is 4.30. The van der Waals surface area contributed by atoms with Crippen molar-refractivity contribution in [2.24, 2.45) is 0 Å². The van der Waals surface area contributed by atoms with Gasteiger partial charge in [0.05, 0.1) is 5.69 Å². The number of nitrogens with two attached hydrogens (primary N) is 1. The van der Waals surface area contributed by atoms with Crippen LogP contribution in [0, 0.1) is 0 Å². The van der Waals surface area contributed by atoms with Crippen LogP contribution in [0.3, 0.4) is 0 Å². The first-order valence-corrected chi connectivity index (χ1v) is 8.70. The molecule has 1 saturated heterocycles. The van der Waals surface area contributed by atoms with E-state index in [1.54, 1.807) is 0 Å². The summed E-state index contributed by atoms with van der Waals surface area (Å²) >= 11 is 4.95. The molecule has 0 aliphatic carbocycles. The van der Waals surface area contributed by atoms with Crippen molar-refractivity contribution >= 4 is 48.9 Å². The van der Waals surface area contributed by atoms with Gasteiger partial charge in [-0.15, -0.1) is 11.3 Å². The molecule has 2 heterocycles. The number of piperazine rings is 1. The molecule has 1 aliphatic heterocycles. The smallest absolute Gasteiger partial charge is 0.266 e. The highest BCUT2D eigenvalue weighted by atomic mass is 79.9. The van der Waals surface area contributed by atoms with Gasteiger partial charge < -0.3 is 15.5 Å². The number of carbonyl (C=O) groups is 1. The van der Waals surface area contributed by atoms with E-state index < -0.39 is 0 Å². The molecule has 1 aliphatic rings. The first-order valence-electron chi connectivity index (χ1n) is 7.09. The van der Waals surface area contributed by atoms with Crippen molar-refractivity contribution in [2.75, 3.05) is 38.5 Å². The molecule has 6 heteroatoms. The van der Waals surface area contributed by atoms with Crippen LogP contribution in [0.25, 0.3) is 10.1 Å². The van der Waals surface area contributed by atoms with E-state index in [1.807, 2.05) is 23.1 Å². The summed E-state index contributed by atoms with van der Waals surface area (Å²) in [5, 5.41) is 0.971. The first kappa shape index (κ1) is 14.8. The number of rotatable bonds is 2. The number of halogens is 1. The number of hydrogen-bond donors (Lipinski definition) is 1. The molecule has 0 radical (unpaired) electrons. The monoisotopic (exact) mass is 367 g/mol. The van der Waals surface area contributed by atoms with Gasteiger partial charge in [-0.25, -0.2) is 0 Å². The summed E-state index contributed by atoms with van der Waals surface area (Å²) in [6.45, 7) is 6.64. The van der Waals surface area contributed by atoms with Gasteiger partial charge in [0.15, 0.2) is 0 Å². The lowest BCUT2D eigenvalue weighted by Crippen LogP contribution is -2.48. The average Bonchev–Trinajstić information content (AvgIpc) is 2.83. The quantitative estimate of drug-likeness (QED) is 0.887. The van der Waals surface area contributed by atoms with Crippen molar-refractivity contribution in [3.8, 4) is 0 Å². The van der Waals surface area contributed by atoms with E-state index in [-0.39, 0.29) is 5.91 Å². The highest BCUT2D eigenvalue weighted by Crippen LogP contribution is 2.36. The predicted molar refractivity (Wildman–Crippen MR) is 92.0 cm³/mol.